The molecule has 1 fully saturated rings. The Kier molecular flexibility index (Phi) is 5.00. The zero-order chi connectivity index (χ0) is 13.0. The number of alkyl halides is 1. The van der Waals surface area contributed by atoms with Crippen molar-refractivity contribution in [3.63, 3.8) is 0 Å². The molecule has 0 spiro atoms. The van der Waals surface area contributed by atoms with Crippen LogP contribution in [0, 0.1) is 0 Å². The molecule has 100 valence electrons. The van der Waals surface area contributed by atoms with Crippen LogP contribution >= 0.6 is 0 Å². The van der Waals surface area contributed by atoms with Gasteiger partial charge in [0.1, 0.15) is 0 Å². The van der Waals surface area contributed by atoms with Gasteiger partial charge in [-0.25, -0.2) is 0 Å². The molecule has 0 bridgehead atoms. The van der Waals surface area contributed by atoms with E-state index in [1.165, 1.54) is 0 Å². The zero-order valence-electron chi connectivity index (χ0n) is 11.0. The Hall–Kier alpha value is -0.620. The summed E-state index contributed by atoms with van der Waals surface area (Å²) in [5.41, 5.74) is 0.815. The number of hydrogen-bond acceptors (Lipinski definition) is 2. The van der Waals surface area contributed by atoms with Crippen LogP contribution in [0.25, 0.3) is 0 Å². The standard InChI is InChI=1S/C14H20IN2O/c1-3-13-11-16(15-2)9-10-17(13)14(18)12-7-5-4-6-8-12/h4-8,13H,3,9-11H2,1-2H3/q-1. The Morgan fingerprint density at radius 2 is 2.06 bits per heavy atom. The number of rotatable bonds is 3. The number of piperazine rings is 1. The van der Waals surface area contributed by atoms with Crippen molar-refractivity contribution in [1.29, 1.82) is 0 Å². The fourth-order valence-electron chi connectivity index (χ4n) is 2.33. The summed E-state index contributed by atoms with van der Waals surface area (Å²) in [6.07, 6.45) is 1.04. The number of benzene rings is 1. The molecule has 1 saturated heterocycles. The molecule has 0 N–H and O–H groups in total. The average molecular weight is 359 g/mol. The summed E-state index contributed by atoms with van der Waals surface area (Å²) in [5, 5.41) is 0. The van der Waals surface area contributed by atoms with Gasteiger partial charge in [0.05, 0.1) is 0 Å². The average Bonchev–Trinajstić information content (AvgIpc) is 2.46. The van der Waals surface area contributed by atoms with E-state index in [2.05, 4.69) is 19.9 Å². The van der Waals surface area contributed by atoms with E-state index < -0.39 is 0 Å². The first kappa shape index (κ1) is 13.8. The molecule has 2 rings (SSSR count). The number of carbonyl (C=O) groups excluding carboxylic acids is 1. The van der Waals surface area contributed by atoms with E-state index >= 15 is 0 Å². The first-order valence-corrected chi connectivity index (χ1v) is 9.49. The number of nitrogens with zero attached hydrogens (tertiary/aromatic N) is 2. The van der Waals surface area contributed by atoms with Crippen LogP contribution in [0.3, 0.4) is 0 Å². The molecule has 1 aliphatic heterocycles. The monoisotopic (exact) mass is 359 g/mol. The zero-order valence-corrected chi connectivity index (χ0v) is 13.1. The van der Waals surface area contributed by atoms with E-state index in [0.29, 0.717) is 6.04 Å². The molecule has 1 atom stereocenters. The molecule has 1 unspecified atom stereocenters. The minimum atomic E-state index is 0.154. The van der Waals surface area contributed by atoms with E-state index in [-0.39, 0.29) is 27.4 Å². The molecule has 0 saturated carbocycles. The maximum absolute atomic E-state index is 12.5. The van der Waals surface area contributed by atoms with Gasteiger partial charge in [-0.3, -0.25) is 0 Å². The third kappa shape index (κ3) is 3.03. The summed E-state index contributed by atoms with van der Waals surface area (Å²) in [4.78, 5) is 16.8. The van der Waals surface area contributed by atoms with Gasteiger partial charge < -0.3 is 0 Å². The topological polar surface area (TPSA) is 23.6 Å². The molecule has 3 nitrogen and oxygen atoms in total. The van der Waals surface area contributed by atoms with Crippen LogP contribution in [-0.2, 0) is 0 Å². The molecule has 0 radical (unpaired) electrons. The Balaban J connectivity index is 2.10. The summed E-state index contributed by atoms with van der Waals surface area (Å²) in [5.74, 6) is 0.191. The van der Waals surface area contributed by atoms with Gasteiger partial charge in [-0.05, 0) is 0 Å². The molecule has 0 aromatic heterocycles. The van der Waals surface area contributed by atoms with E-state index in [1.807, 2.05) is 30.3 Å². The summed E-state index contributed by atoms with van der Waals surface area (Å²) in [6.45, 7) is 5.14. The number of hydrogen-bond donors (Lipinski definition) is 0. The molecule has 18 heavy (non-hydrogen) atoms. The first-order chi connectivity index (χ1) is 8.76. The molecular weight excluding hydrogens is 339 g/mol. The summed E-state index contributed by atoms with van der Waals surface area (Å²) >= 11 is 0.154. The Labute approximate surface area is 120 Å². The van der Waals surface area contributed by atoms with Gasteiger partial charge in [-0.15, -0.1) is 0 Å². The van der Waals surface area contributed by atoms with Gasteiger partial charge in [-0.2, -0.15) is 0 Å². The predicted octanol–water partition coefficient (Wildman–Crippen LogP) is -1.14. The van der Waals surface area contributed by atoms with Crippen LogP contribution in [0.4, 0.5) is 0 Å². The van der Waals surface area contributed by atoms with Crippen molar-refractivity contribution >= 4 is 5.91 Å². The predicted molar refractivity (Wildman–Crippen MR) is 69.1 cm³/mol. The minimum absolute atomic E-state index is 0.154. The third-order valence-corrected chi connectivity index (χ3v) is 5.67. The van der Waals surface area contributed by atoms with Crippen molar-refractivity contribution in [3.8, 4) is 0 Å². The second-order valence-electron chi connectivity index (χ2n) is 4.46. The van der Waals surface area contributed by atoms with Gasteiger partial charge in [0.15, 0.2) is 0 Å². The fourth-order valence-corrected chi connectivity index (χ4v) is 3.88. The van der Waals surface area contributed by atoms with Crippen molar-refractivity contribution in [1.82, 2.24) is 8.01 Å². The van der Waals surface area contributed by atoms with Gasteiger partial charge in [0.2, 0.25) is 0 Å². The van der Waals surface area contributed by atoms with Gasteiger partial charge in [-0.1, -0.05) is 0 Å². The van der Waals surface area contributed by atoms with Crippen LogP contribution in [0.2, 0.25) is 0 Å². The van der Waals surface area contributed by atoms with E-state index in [9.17, 15) is 4.79 Å². The van der Waals surface area contributed by atoms with Crippen LogP contribution in [0.5, 0.6) is 0 Å². The summed E-state index contributed by atoms with van der Waals surface area (Å²) < 4.78 is 2.53. The maximum atomic E-state index is 12.5. The van der Waals surface area contributed by atoms with Crippen molar-refractivity contribution in [2.75, 3.05) is 24.6 Å². The number of halogens is 1. The van der Waals surface area contributed by atoms with Crippen molar-refractivity contribution < 1.29 is 26.3 Å². The van der Waals surface area contributed by atoms with Gasteiger partial charge >= 0.3 is 120 Å². The number of amides is 1. The molecule has 1 heterocycles. The van der Waals surface area contributed by atoms with Crippen molar-refractivity contribution in [2.24, 2.45) is 0 Å². The molecule has 0 aliphatic carbocycles. The van der Waals surface area contributed by atoms with Gasteiger partial charge in [0.25, 0.3) is 0 Å². The van der Waals surface area contributed by atoms with Crippen LogP contribution in [0.15, 0.2) is 30.3 Å². The number of carbonyl (C=O) groups is 1. The molecule has 1 aromatic rings. The Bertz CT molecular complexity index is 396. The second kappa shape index (κ2) is 6.52. The molecule has 1 aliphatic rings. The van der Waals surface area contributed by atoms with Gasteiger partial charge in [0, 0.05) is 0 Å². The Morgan fingerprint density at radius 3 is 2.67 bits per heavy atom. The fraction of sp³-hybridized carbons (Fsp3) is 0.500. The Morgan fingerprint density at radius 1 is 1.33 bits per heavy atom. The quantitative estimate of drug-likeness (QED) is 0.387. The van der Waals surface area contributed by atoms with E-state index in [4.69, 9.17) is 0 Å². The third-order valence-electron chi connectivity index (χ3n) is 3.43. The first-order valence-electron chi connectivity index (χ1n) is 6.37. The molecule has 1 aromatic carbocycles. The van der Waals surface area contributed by atoms with Crippen LogP contribution in [0.1, 0.15) is 23.7 Å². The normalized spacial score (nSPS) is 21.2. The summed E-state index contributed by atoms with van der Waals surface area (Å²) in [7, 11) is 0. The summed E-state index contributed by atoms with van der Waals surface area (Å²) in [6, 6.07) is 10.0. The van der Waals surface area contributed by atoms with Crippen molar-refractivity contribution in [2.45, 2.75) is 19.4 Å². The van der Waals surface area contributed by atoms with E-state index in [0.717, 1.165) is 31.6 Å². The molecule has 1 amide bonds. The molecular formula is C14H20IN2O-. The SMILES string of the molecule is CCC1CN([I-]C)CCN1C(=O)c1ccccc1. The van der Waals surface area contributed by atoms with Crippen LogP contribution in [-0.4, -0.2) is 44.5 Å². The van der Waals surface area contributed by atoms with E-state index in [1.54, 1.807) is 0 Å². The van der Waals surface area contributed by atoms with Crippen molar-refractivity contribution in [3.05, 3.63) is 35.9 Å². The molecule has 4 heteroatoms. The van der Waals surface area contributed by atoms with Crippen LogP contribution < -0.4 is 21.5 Å². The second-order valence-corrected chi connectivity index (χ2v) is 6.79.